The summed E-state index contributed by atoms with van der Waals surface area (Å²) < 4.78 is 0. The highest BCUT2D eigenvalue weighted by molar-refractivity contribution is 5.60. The van der Waals surface area contributed by atoms with Crippen molar-refractivity contribution in [3.8, 4) is 6.07 Å². The molecule has 1 aromatic carbocycles. The van der Waals surface area contributed by atoms with Crippen LogP contribution in [0.25, 0.3) is 0 Å². The summed E-state index contributed by atoms with van der Waals surface area (Å²) >= 11 is 0. The molecule has 1 fully saturated rings. The van der Waals surface area contributed by atoms with Gasteiger partial charge in [-0.15, -0.1) is 0 Å². The third-order valence-electron chi connectivity index (χ3n) is 4.13. The number of hydrogen-bond acceptors (Lipinski definition) is 3. The van der Waals surface area contributed by atoms with Crippen LogP contribution < -0.4 is 4.90 Å². The van der Waals surface area contributed by atoms with Crippen LogP contribution in [0, 0.1) is 18.3 Å². The molecule has 0 saturated carbocycles. The summed E-state index contributed by atoms with van der Waals surface area (Å²) in [6.45, 7) is 7.07. The Bertz CT molecular complexity index is 475. The summed E-state index contributed by atoms with van der Waals surface area (Å²) in [7, 11) is 2.05. The molecule has 1 aromatic rings. The summed E-state index contributed by atoms with van der Waals surface area (Å²) in [6.07, 6.45) is 2.22. The van der Waals surface area contributed by atoms with Crippen molar-refractivity contribution in [1.29, 1.82) is 5.26 Å². The van der Waals surface area contributed by atoms with Gasteiger partial charge in [0, 0.05) is 24.8 Å². The molecule has 0 bridgehead atoms. The zero-order valence-corrected chi connectivity index (χ0v) is 12.2. The second kappa shape index (κ2) is 6.08. The number of rotatable bonds is 4. The molecule has 2 rings (SSSR count). The summed E-state index contributed by atoms with van der Waals surface area (Å²) in [5.74, 6) is 0. The summed E-state index contributed by atoms with van der Waals surface area (Å²) in [5.41, 5.74) is 4.21. The Balaban J connectivity index is 2.15. The first-order valence-corrected chi connectivity index (χ1v) is 7.08. The zero-order chi connectivity index (χ0) is 13.8. The van der Waals surface area contributed by atoms with Crippen molar-refractivity contribution < 1.29 is 0 Å². The van der Waals surface area contributed by atoms with Gasteiger partial charge in [0.15, 0.2) is 0 Å². The van der Waals surface area contributed by atoms with Gasteiger partial charge in [0.25, 0.3) is 0 Å². The second-order valence-corrected chi connectivity index (χ2v) is 5.40. The van der Waals surface area contributed by atoms with Crippen molar-refractivity contribution in [3.05, 3.63) is 29.3 Å². The SMILES string of the molecule is CCc1cccc(C)c1N1CCC(N(C)CC#N)C1. The minimum absolute atomic E-state index is 0.504. The molecule has 1 saturated heterocycles. The maximum Gasteiger partial charge on any atom is 0.0866 e. The maximum atomic E-state index is 8.80. The van der Waals surface area contributed by atoms with E-state index in [9.17, 15) is 0 Å². The number of benzene rings is 1. The van der Waals surface area contributed by atoms with E-state index >= 15 is 0 Å². The average molecular weight is 257 g/mol. The van der Waals surface area contributed by atoms with E-state index in [2.05, 4.69) is 55.0 Å². The molecule has 0 N–H and O–H groups in total. The Morgan fingerprint density at radius 3 is 2.95 bits per heavy atom. The van der Waals surface area contributed by atoms with E-state index in [0.717, 1.165) is 25.9 Å². The number of hydrogen-bond donors (Lipinski definition) is 0. The lowest BCUT2D eigenvalue weighted by molar-refractivity contribution is 0.289. The van der Waals surface area contributed by atoms with E-state index in [0.29, 0.717) is 12.6 Å². The third kappa shape index (κ3) is 2.90. The van der Waals surface area contributed by atoms with E-state index in [4.69, 9.17) is 5.26 Å². The molecule has 3 nitrogen and oxygen atoms in total. The maximum absolute atomic E-state index is 8.80. The Morgan fingerprint density at radius 2 is 2.26 bits per heavy atom. The van der Waals surface area contributed by atoms with Crippen LogP contribution in [-0.2, 0) is 6.42 Å². The fraction of sp³-hybridized carbons (Fsp3) is 0.562. The van der Waals surface area contributed by atoms with E-state index in [1.807, 2.05) is 0 Å². The normalized spacial score (nSPS) is 18.9. The first-order valence-electron chi connectivity index (χ1n) is 7.08. The Labute approximate surface area is 116 Å². The van der Waals surface area contributed by atoms with Gasteiger partial charge in [0.1, 0.15) is 0 Å². The number of anilines is 1. The predicted octanol–water partition coefficient (Wildman–Crippen LogP) is 2.59. The highest BCUT2D eigenvalue weighted by Crippen LogP contribution is 2.29. The Kier molecular flexibility index (Phi) is 4.44. The lowest BCUT2D eigenvalue weighted by atomic mass is 10.0. The standard InChI is InChI=1S/C16H23N3/c1-4-14-7-5-6-13(2)16(14)19-10-8-15(12-19)18(3)11-9-17/h5-7,15H,4,8,10-12H2,1-3H3. The second-order valence-electron chi connectivity index (χ2n) is 5.40. The van der Waals surface area contributed by atoms with Gasteiger partial charge in [-0.3, -0.25) is 4.90 Å². The Hall–Kier alpha value is -1.53. The van der Waals surface area contributed by atoms with Crippen molar-refractivity contribution in [1.82, 2.24) is 4.90 Å². The van der Waals surface area contributed by atoms with Crippen LogP contribution in [-0.4, -0.2) is 37.6 Å². The van der Waals surface area contributed by atoms with Gasteiger partial charge in [-0.05, 0) is 37.9 Å². The first kappa shape index (κ1) is 13.9. The van der Waals surface area contributed by atoms with Crippen LogP contribution in [0.5, 0.6) is 0 Å². The van der Waals surface area contributed by atoms with Crippen molar-refractivity contribution in [2.24, 2.45) is 0 Å². The molecule has 3 heteroatoms. The van der Waals surface area contributed by atoms with E-state index in [-0.39, 0.29) is 0 Å². The van der Waals surface area contributed by atoms with E-state index < -0.39 is 0 Å². The smallest absolute Gasteiger partial charge is 0.0866 e. The molecule has 0 radical (unpaired) electrons. The zero-order valence-electron chi connectivity index (χ0n) is 12.2. The molecule has 1 heterocycles. The van der Waals surface area contributed by atoms with Crippen LogP contribution in [0.1, 0.15) is 24.5 Å². The molecular weight excluding hydrogens is 234 g/mol. The number of nitriles is 1. The topological polar surface area (TPSA) is 30.3 Å². The molecule has 0 aromatic heterocycles. The lowest BCUT2D eigenvalue weighted by Crippen LogP contribution is -2.35. The van der Waals surface area contributed by atoms with Gasteiger partial charge in [-0.1, -0.05) is 25.1 Å². The highest BCUT2D eigenvalue weighted by Gasteiger charge is 2.27. The monoisotopic (exact) mass is 257 g/mol. The molecule has 1 atom stereocenters. The van der Waals surface area contributed by atoms with Gasteiger partial charge in [-0.2, -0.15) is 5.26 Å². The minimum atomic E-state index is 0.504. The molecule has 102 valence electrons. The van der Waals surface area contributed by atoms with Gasteiger partial charge in [0.05, 0.1) is 12.6 Å². The van der Waals surface area contributed by atoms with Crippen molar-refractivity contribution in [3.63, 3.8) is 0 Å². The van der Waals surface area contributed by atoms with Crippen LogP contribution in [0.2, 0.25) is 0 Å². The molecular formula is C16H23N3. The van der Waals surface area contributed by atoms with Gasteiger partial charge < -0.3 is 4.90 Å². The predicted molar refractivity (Wildman–Crippen MR) is 79.4 cm³/mol. The van der Waals surface area contributed by atoms with Crippen LogP contribution >= 0.6 is 0 Å². The summed E-state index contributed by atoms with van der Waals surface area (Å²) in [5, 5.41) is 8.80. The van der Waals surface area contributed by atoms with E-state index in [1.54, 1.807) is 0 Å². The fourth-order valence-corrected chi connectivity index (χ4v) is 3.00. The van der Waals surface area contributed by atoms with Gasteiger partial charge in [-0.25, -0.2) is 0 Å². The molecule has 0 spiro atoms. The van der Waals surface area contributed by atoms with Crippen LogP contribution in [0.15, 0.2) is 18.2 Å². The highest BCUT2D eigenvalue weighted by atomic mass is 15.2. The van der Waals surface area contributed by atoms with E-state index in [1.165, 1.54) is 16.8 Å². The first-order chi connectivity index (χ1) is 9.17. The Morgan fingerprint density at radius 1 is 1.47 bits per heavy atom. The fourth-order valence-electron chi connectivity index (χ4n) is 3.00. The van der Waals surface area contributed by atoms with Crippen molar-refractivity contribution in [2.45, 2.75) is 32.7 Å². The summed E-state index contributed by atoms with van der Waals surface area (Å²) in [4.78, 5) is 4.66. The number of likely N-dealkylation sites (N-methyl/N-ethyl adjacent to an activating group) is 1. The molecule has 1 aliphatic heterocycles. The summed E-state index contributed by atoms with van der Waals surface area (Å²) in [6, 6.07) is 9.32. The molecule has 0 aliphatic carbocycles. The third-order valence-corrected chi connectivity index (χ3v) is 4.13. The molecule has 19 heavy (non-hydrogen) atoms. The van der Waals surface area contributed by atoms with Gasteiger partial charge >= 0.3 is 0 Å². The minimum Gasteiger partial charge on any atom is -0.369 e. The van der Waals surface area contributed by atoms with Crippen LogP contribution in [0.3, 0.4) is 0 Å². The average Bonchev–Trinajstić information content (AvgIpc) is 2.88. The van der Waals surface area contributed by atoms with Crippen LogP contribution in [0.4, 0.5) is 5.69 Å². The van der Waals surface area contributed by atoms with Crippen molar-refractivity contribution in [2.75, 3.05) is 31.6 Å². The molecule has 0 amide bonds. The number of nitrogens with zero attached hydrogens (tertiary/aromatic N) is 3. The number of aryl methyl sites for hydroxylation is 2. The molecule has 1 unspecified atom stereocenters. The largest absolute Gasteiger partial charge is 0.369 e. The quantitative estimate of drug-likeness (QED) is 0.777. The van der Waals surface area contributed by atoms with Gasteiger partial charge in [0.2, 0.25) is 0 Å². The molecule has 1 aliphatic rings. The van der Waals surface area contributed by atoms with Crippen molar-refractivity contribution >= 4 is 5.69 Å². The number of para-hydroxylation sites is 1. The lowest BCUT2D eigenvalue weighted by Gasteiger charge is -2.26.